The van der Waals surface area contributed by atoms with Crippen molar-refractivity contribution in [1.29, 1.82) is 0 Å². The number of morpholine rings is 1. The number of carbonyl (C=O) groups is 2. The summed E-state index contributed by atoms with van der Waals surface area (Å²) in [4.78, 5) is 41.4. The number of imidazole rings is 1. The van der Waals surface area contributed by atoms with Crippen molar-refractivity contribution in [2.24, 2.45) is 5.92 Å². The predicted molar refractivity (Wildman–Crippen MR) is 139 cm³/mol. The second-order valence-electron chi connectivity index (χ2n) is 10.3. The summed E-state index contributed by atoms with van der Waals surface area (Å²) in [5, 5.41) is 6.44. The lowest BCUT2D eigenvalue weighted by Crippen LogP contribution is -2.51. The van der Waals surface area contributed by atoms with E-state index in [4.69, 9.17) is 9.72 Å². The first-order chi connectivity index (χ1) is 18.9. The van der Waals surface area contributed by atoms with E-state index in [1.165, 1.54) is 4.57 Å². The van der Waals surface area contributed by atoms with E-state index in [0.717, 1.165) is 0 Å². The maximum Gasteiger partial charge on any atom is 0.296 e. The van der Waals surface area contributed by atoms with Crippen LogP contribution in [0.15, 0.2) is 30.3 Å². The molecular weight excluding hydrogens is 510 g/mol. The third-order valence-corrected chi connectivity index (χ3v) is 7.55. The van der Waals surface area contributed by atoms with Crippen molar-refractivity contribution in [3.05, 3.63) is 36.2 Å². The van der Waals surface area contributed by atoms with E-state index in [1.54, 1.807) is 42.3 Å². The number of aromatic nitrogens is 4. The maximum absolute atomic E-state index is 14.1. The average Bonchev–Trinajstić information content (AvgIpc) is 3.48. The predicted octanol–water partition coefficient (Wildman–Crippen LogP) is 2.13. The first-order valence-corrected chi connectivity index (χ1v) is 13.1. The summed E-state index contributed by atoms with van der Waals surface area (Å²) < 4.78 is 35.0. The molecule has 1 unspecified atom stereocenters. The van der Waals surface area contributed by atoms with Crippen LogP contribution in [0.3, 0.4) is 0 Å². The fourth-order valence-corrected chi connectivity index (χ4v) is 5.37. The van der Waals surface area contributed by atoms with Gasteiger partial charge < -0.3 is 25.2 Å². The number of halogens is 2. The van der Waals surface area contributed by atoms with Gasteiger partial charge in [0.05, 0.1) is 30.2 Å². The van der Waals surface area contributed by atoms with E-state index < -0.39 is 6.43 Å². The molecule has 1 aromatic carbocycles. The summed E-state index contributed by atoms with van der Waals surface area (Å²) in [5.41, 5.74) is 0.995. The van der Waals surface area contributed by atoms with Crippen LogP contribution in [0, 0.1) is 5.92 Å². The number of hydrogen-bond acceptors (Lipinski definition) is 8. The van der Waals surface area contributed by atoms with Crippen LogP contribution in [0.5, 0.6) is 0 Å². The number of ether oxygens (including phenoxy) is 1. The Bertz CT molecular complexity index is 1390. The van der Waals surface area contributed by atoms with Gasteiger partial charge in [0.15, 0.2) is 5.82 Å². The number of carbonyl (C=O) groups excluding carboxylic acids is 2. The number of anilines is 2. The monoisotopic (exact) mass is 540 g/mol. The number of amides is 2. The molecule has 3 aliphatic rings. The smallest absolute Gasteiger partial charge is 0.296 e. The van der Waals surface area contributed by atoms with Crippen molar-refractivity contribution < 1.29 is 23.1 Å². The van der Waals surface area contributed by atoms with Gasteiger partial charge in [-0.25, -0.2) is 13.8 Å². The van der Waals surface area contributed by atoms with Gasteiger partial charge in [0.2, 0.25) is 17.8 Å². The fourth-order valence-electron chi connectivity index (χ4n) is 5.37. The van der Waals surface area contributed by atoms with Crippen molar-refractivity contribution in [1.82, 2.24) is 29.7 Å². The maximum atomic E-state index is 14.1. The fraction of sp³-hybridized carbons (Fsp3) is 0.500. The molecule has 13 heteroatoms. The van der Waals surface area contributed by atoms with Crippen molar-refractivity contribution in [2.45, 2.75) is 37.8 Å². The summed E-state index contributed by atoms with van der Waals surface area (Å²) in [6.07, 6.45) is -1.18. The first kappa shape index (κ1) is 25.4. The Morgan fingerprint density at radius 2 is 1.87 bits per heavy atom. The highest BCUT2D eigenvalue weighted by molar-refractivity contribution is 5.89. The molecule has 2 saturated heterocycles. The van der Waals surface area contributed by atoms with Crippen molar-refractivity contribution >= 4 is 34.6 Å². The van der Waals surface area contributed by atoms with E-state index in [1.807, 2.05) is 4.90 Å². The van der Waals surface area contributed by atoms with Crippen LogP contribution in [0.2, 0.25) is 0 Å². The van der Waals surface area contributed by atoms with Gasteiger partial charge in [-0.15, -0.1) is 0 Å². The molecule has 2 amide bonds. The highest BCUT2D eigenvalue weighted by Gasteiger charge is 2.36. The number of nitrogens with zero attached hydrogens (tertiary/aromatic N) is 6. The molecule has 0 bridgehead atoms. The number of nitrogens with one attached hydrogen (secondary N) is 2. The van der Waals surface area contributed by atoms with E-state index in [2.05, 4.69) is 20.6 Å². The molecule has 1 aliphatic carbocycles. The van der Waals surface area contributed by atoms with Crippen LogP contribution < -0.4 is 15.5 Å². The normalized spacial score (nSPS) is 23.4. The number of hydrogen-bond donors (Lipinski definition) is 2. The number of likely N-dealkylation sites (tertiary alicyclic amines) is 1. The van der Waals surface area contributed by atoms with Crippen molar-refractivity contribution in [3.8, 4) is 5.82 Å². The Labute approximate surface area is 223 Å². The lowest BCUT2D eigenvalue weighted by Gasteiger charge is -2.37. The molecule has 1 atom stereocenters. The van der Waals surface area contributed by atoms with Crippen LogP contribution in [0.25, 0.3) is 16.9 Å². The van der Waals surface area contributed by atoms with Crippen molar-refractivity contribution in [2.75, 3.05) is 50.1 Å². The highest BCUT2D eigenvalue weighted by atomic mass is 19.3. The summed E-state index contributed by atoms with van der Waals surface area (Å²) in [6.45, 7) is 2.67. The zero-order valence-electron chi connectivity index (χ0n) is 21.5. The summed E-state index contributed by atoms with van der Waals surface area (Å²) in [5.74, 6) is 0.437. The third-order valence-electron chi connectivity index (χ3n) is 7.55. The summed E-state index contributed by atoms with van der Waals surface area (Å²) in [6, 6.07) is 8.68. The van der Waals surface area contributed by atoms with E-state index >= 15 is 0 Å². The Morgan fingerprint density at radius 1 is 1.10 bits per heavy atom. The number of alkyl halides is 2. The molecule has 3 aromatic rings. The topological polar surface area (TPSA) is 118 Å². The Morgan fingerprint density at radius 3 is 2.59 bits per heavy atom. The van der Waals surface area contributed by atoms with Gasteiger partial charge in [0, 0.05) is 51.3 Å². The van der Waals surface area contributed by atoms with Crippen LogP contribution in [-0.4, -0.2) is 88.2 Å². The highest BCUT2D eigenvalue weighted by Crippen LogP contribution is 2.31. The molecule has 2 aliphatic heterocycles. The van der Waals surface area contributed by atoms with Crippen molar-refractivity contribution in [3.63, 3.8) is 0 Å². The number of para-hydroxylation sites is 2. The molecule has 2 aromatic heterocycles. The minimum Gasteiger partial charge on any atom is -0.378 e. The van der Waals surface area contributed by atoms with Gasteiger partial charge in [-0.3, -0.25) is 14.2 Å². The Hall–Kier alpha value is -3.87. The molecule has 2 N–H and O–H groups in total. The van der Waals surface area contributed by atoms with E-state index in [9.17, 15) is 18.4 Å². The molecular formula is C26H30F2N8O3. The van der Waals surface area contributed by atoms with Crippen LogP contribution >= 0.6 is 0 Å². The second-order valence-corrected chi connectivity index (χ2v) is 10.3. The van der Waals surface area contributed by atoms with Gasteiger partial charge >= 0.3 is 0 Å². The van der Waals surface area contributed by atoms with Gasteiger partial charge in [0.1, 0.15) is 11.6 Å². The molecule has 0 spiro atoms. The zero-order valence-corrected chi connectivity index (χ0v) is 21.5. The van der Waals surface area contributed by atoms with Gasteiger partial charge in [-0.1, -0.05) is 12.1 Å². The zero-order chi connectivity index (χ0) is 27.1. The van der Waals surface area contributed by atoms with E-state index in [-0.39, 0.29) is 42.1 Å². The minimum absolute atomic E-state index is 0.000872. The lowest BCUT2D eigenvalue weighted by molar-refractivity contribution is -0.128. The lowest BCUT2D eigenvalue weighted by atomic mass is 9.86. The SMILES string of the molecule is CN1CC(C(=O)N[C@H]2C[C@H](Nc3cc(-n4c(C(F)F)nc5ccccc54)nc(N4CCOCC4)n3)C2)CC1=O. The molecule has 39 heavy (non-hydrogen) atoms. The summed E-state index contributed by atoms with van der Waals surface area (Å²) >= 11 is 0. The molecule has 6 rings (SSSR count). The number of rotatable bonds is 7. The molecule has 3 fully saturated rings. The van der Waals surface area contributed by atoms with Gasteiger partial charge in [-0.05, 0) is 25.0 Å². The Balaban J connectivity index is 1.23. The van der Waals surface area contributed by atoms with Gasteiger partial charge in [0.25, 0.3) is 6.43 Å². The number of fused-ring (bicyclic) bond motifs is 1. The van der Waals surface area contributed by atoms with Crippen LogP contribution in [0.4, 0.5) is 20.5 Å². The molecule has 0 radical (unpaired) electrons. The third kappa shape index (κ3) is 5.10. The quantitative estimate of drug-likeness (QED) is 0.468. The second kappa shape index (κ2) is 10.4. The first-order valence-electron chi connectivity index (χ1n) is 13.1. The van der Waals surface area contributed by atoms with Crippen LogP contribution in [0.1, 0.15) is 31.5 Å². The largest absolute Gasteiger partial charge is 0.378 e. The van der Waals surface area contributed by atoms with E-state index in [0.29, 0.717) is 74.3 Å². The molecule has 1 saturated carbocycles. The standard InChI is InChI=1S/C26H30F2N8O3/c1-34-14-15(10-22(34)37)25(38)30-17-11-16(12-17)29-20-13-21(33-26(32-20)35-6-8-39-9-7-35)36-19-5-3-2-4-18(19)31-24(36)23(27)28/h2-5,13,15-17,23H,6-12,14H2,1H3,(H,30,38)(H,29,32,33)/t15?,16-,17-. The molecule has 4 heterocycles. The van der Waals surface area contributed by atoms with Crippen LogP contribution in [-0.2, 0) is 14.3 Å². The molecule has 206 valence electrons. The minimum atomic E-state index is -2.79. The Kier molecular flexibility index (Phi) is 6.75. The summed E-state index contributed by atoms with van der Waals surface area (Å²) in [7, 11) is 1.71. The average molecular weight is 541 g/mol. The van der Waals surface area contributed by atoms with Gasteiger partial charge in [-0.2, -0.15) is 9.97 Å². The molecule has 11 nitrogen and oxygen atoms in total. The number of benzene rings is 1.